The summed E-state index contributed by atoms with van der Waals surface area (Å²) in [6.07, 6.45) is 9.22. The quantitative estimate of drug-likeness (QED) is 0.869. The maximum atomic E-state index is 12.9. The van der Waals surface area contributed by atoms with Crippen molar-refractivity contribution in [1.82, 2.24) is 4.98 Å². The highest BCUT2D eigenvalue weighted by molar-refractivity contribution is 6.10. The van der Waals surface area contributed by atoms with E-state index in [9.17, 15) is 9.90 Å². The highest BCUT2D eigenvalue weighted by Crippen LogP contribution is 2.27. The van der Waals surface area contributed by atoms with E-state index in [0.29, 0.717) is 23.5 Å². The van der Waals surface area contributed by atoms with E-state index in [1.165, 1.54) is 0 Å². The fourth-order valence-corrected chi connectivity index (χ4v) is 2.69. The molecule has 1 aromatic heterocycles. The first-order chi connectivity index (χ1) is 10.7. The molecule has 112 valence electrons. The van der Waals surface area contributed by atoms with Crippen molar-refractivity contribution in [3.63, 3.8) is 0 Å². The SMILES string of the molecule is CCCCC1=C(O)[C@@H]2N=CC=CC2=[N+](c2ccccn2)C1=O. The summed E-state index contributed by atoms with van der Waals surface area (Å²) in [6, 6.07) is 4.91. The monoisotopic (exact) mass is 296 g/mol. The number of aliphatic hydroxyl groups is 1. The van der Waals surface area contributed by atoms with Gasteiger partial charge in [0.15, 0.2) is 6.04 Å². The van der Waals surface area contributed by atoms with E-state index in [4.69, 9.17) is 0 Å². The van der Waals surface area contributed by atoms with Gasteiger partial charge in [0, 0.05) is 12.3 Å². The Labute approximate surface area is 129 Å². The van der Waals surface area contributed by atoms with Crippen molar-refractivity contribution in [2.75, 3.05) is 0 Å². The molecule has 0 radical (unpaired) electrons. The average Bonchev–Trinajstić information content (AvgIpc) is 2.56. The normalized spacial score (nSPS) is 20.6. The maximum absolute atomic E-state index is 12.9. The number of aromatic nitrogens is 1. The number of aliphatic hydroxyl groups excluding tert-OH is 1. The molecule has 0 saturated heterocycles. The molecule has 5 nitrogen and oxygen atoms in total. The molecule has 3 heterocycles. The van der Waals surface area contributed by atoms with Crippen molar-refractivity contribution in [3.8, 4) is 0 Å². The van der Waals surface area contributed by atoms with Crippen LogP contribution in [0.5, 0.6) is 0 Å². The lowest BCUT2D eigenvalue weighted by Gasteiger charge is -2.23. The number of rotatable bonds is 4. The Morgan fingerprint density at radius 2 is 2.23 bits per heavy atom. The molecular weight excluding hydrogens is 278 g/mol. The number of hydrogen-bond donors (Lipinski definition) is 1. The van der Waals surface area contributed by atoms with Crippen LogP contribution in [0, 0.1) is 0 Å². The lowest BCUT2D eigenvalue weighted by molar-refractivity contribution is -0.369. The smallest absolute Gasteiger partial charge is 0.345 e. The first-order valence-electron chi connectivity index (χ1n) is 7.48. The number of hydrogen-bond acceptors (Lipinski definition) is 4. The standard InChI is InChI=1S/C17H17N3O2/c1-2-3-7-12-16(21)15-13(8-6-11-19-15)20(17(12)22)14-9-4-5-10-18-14/h4-6,8-11,15H,2-3,7H2,1H3/p+1/t15-/m1/s1. The third-order valence-corrected chi connectivity index (χ3v) is 3.81. The summed E-state index contributed by atoms with van der Waals surface area (Å²) < 4.78 is 1.56. The van der Waals surface area contributed by atoms with Gasteiger partial charge in [-0.3, -0.25) is 4.99 Å². The summed E-state index contributed by atoms with van der Waals surface area (Å²) in [5.74, 6) is 0.412. The summed E-state index contributed by atoms with van der Waals surface area (Å²) >= 11 is 0. The van der Waals surface area contributed by atoms with Gasteiger partial charge in [0.25, 0.3) is 0 Å². The molecule has 2 aliphatic heterocycles. The van der Waals surface area contributed by atoms with Gasteiger partial charge < -0.3 is 5.11 Å². The number of carbonyl (C=O) groups excluding carboxylic acids is 1. The van der Waals surface area contributed by atoms with Crippen LogP contribution in [0.4, 0.5) is 5.82 Å². The van der Waals surface area contributed by atoms with E-state index in [0.717, 1.165) is 12.8 Å². The van der Waals surface area contributed by atoms with Crippen molar-refractivity contribution < 1.29 is 14.5 Å². The number of amides is 1. The van der Waals surface area contributed by atoms with Gasteiger partial charge in [-0.25, -0.2) is 4.79 Å². The zero-order valence-corrected chi connectivity index (χ0v) is 12.4. The number of dihydropyridines is 1. The Morgan fingerprint density at radius 1 is 1.36 bits per heavy atom. The number of allylic oxidation sites excluding steroid dienone is 1. The number of unbranched alkanes of at least 4 members (excludes halogenated alkanes) is 1. The molecule has 0 fully saturated rings. The van der Waals surface area contributed by atoms with Crippen molar-refractivity contribution in [3.05, 3.63) is 47.9 Å². The maximum Gasteiger partial charge on any atom is 0.345 e. The lowest BCUT2D eigenvalue weighted by Crippen LogP contribution is -2.40. The molecule has 0 aromatic carbocycles. The van der Waals surface area contributed by atoms with Crippen LogP contribution in [0.3, 0.4) is 0 Å². The van der Waals surface area contributed by atoms with Crippen molar-refractivity contribution in [2.24, 2.45) is 4.99 Å². The predicted octanol–water partition coefficient (Wildman–Crippen LogP) is 2.72. The number of nitrogens with zero attached hydrogens (tertiary/aromatic N) is 3. The summed E-state index contributed by atoms with van der Waals surface area (Å²) in [5.41, 5.74) is 1.08. The molecule has 22 heavy (non-hydrogen) atoms. The predicted molar refractivity (Wildman–Crippen MR) is 84.8 cm³/mol. The number of carbonyl (C=O) groups is 1. The molecule has 5 heteroatoms. The molecule has 1 aromatic rings. The van der Waals surface area contributed by atoms with Gasteiger partial charge in [0.2, 0.25) is 0 Å². The van der Waals surface area contributed by atoms with Crippen LogP contribution < -0.4 is 0 Å². The lowest BCUT2D eigenvalue weighted by atomic mass is 9.95. The van der Waals surface area contributed by atoms with Crippen LogP contribution in [-0.4, -0.2) is 38.5 Å². The van der Waals surface area contributed by atoms with Crippen LogP contribution in [0.2, 0.25) is 0 Å². The minimum atomic E-state index is -0.517. The van der Waals surface area contributed by atoms with Gasteiger partial charge in [-0.05, 0) is 36.0 Å². The third kappa shape index (κ3) is 2.39. The molecule has 0 bridgehead atoms. The summed E-state index contributed by atoms with van der Waals surface area (Å²) in [6.45, 7) is 2.06. The molecule has 0 aliphatic carbocycles. The van der Waals surface area contributed by atoms with E-state index in [2.05, 4.69) is 16.9 Å². The molecule has 2 aliphatic rings. The van der Waals surface area contributed by atoms with E-state index in [1.54, 1.807) is 41.3 Å². The van der Waals surface area contributed by atoms with Crippen LogP contribution in [0.1, 0.15) is 26.2 Å². The van der Waals surface area contributed by atoms with Gasteiger partial charge in [0.05, 0.1) is 5.57 Å². The van der Waals surface area contributed by atoms with Gasteiger partial charge in [-0.15, -0.1) is 0 Å². The Balaban J connectivity index is 2.12. The average molecular weight is 296 g/mol. The first kappa shape index (κ1) is 14.4. The van der Waals surface area contributed by atoms with E-state index in [1.807, 2.05) is 6.07 Å². The Bertz CT molecular complexity index is 715. The minimum Gasteiger partial charge on any atom is -0.509 e. The van der Waals surface area contributed by atoms with Crippen LogP contribution in [-0.2, 0) is 4.79 Å². The van der Waals surface area contributed by atoms with Crippen molar-refractivity contribution in [1.29, 1.82) is 0 Å². The van der Waals surface area contributed by atoms with E-state index >= 15 is 0 Å². The number of aliphatic imine (C=N–C) groups is 1. The zero-order valence-electron chi connectivity index (χ0n) is 12.4. The largest absolute Gasteiger partial charge is 0.509 e. The van der Waals surface area contributed by atoms with Crippen molar-refractivity contribution in [2.45, 2.75) is 32.2 Å². The molecule has 3 rings (SSSR count). The second kappa shape index (κ2) is 6.05. The highest BCUT2D eigenvalue weighted by atomic mass is 16.3. The number of fused-ring (bicyclic) bond motifs is 1. The van der Waals surface area contributed by atoms with Crippen LogP contribution in [0.25, 0.3) is 0 Å². The minimum absolute atomic E-state index is 0.0706. The molecule has 1 atom stereocenters. The fourth-order valence-electron chi connectivity index (χ4n) is 2.69. The highest BCUT2D eigenvalue weighted by Gasteiger charge is 2.40. The third-order valence-electron chi connectivity index (χ3n) is 3.81. The van der Waals surface area contributed by atoms with Crippen LogP contribution in [0.15, 0.2) is 52.9 Å². The summed E-state index contributed by atoms with van der Waals surface area (Å²) in [7, 11) is 0. The second-order valence-electron chi connectivity index (χ2n) is 5.28. The van der Waals surface area contributed by atoms with Gasteiger partial charge in [-0.1, -0.05) is 19.4 Å². The topological polar surface area (TPSA) is 65.6 Å². The molecule has 0 unspecified atom stereocenters. The Kier molecular flexibility index (Phi) is 3.96. The summed E-state index contributed by atoms with van der Waals surface area (Å²) in [5, 5.41) is 10.5. The molecule has 0 spiro atoms. The Hall–Kier alpha value is -2.56. The molecule has 1 amide bonds. The van der Waals surface area contributed by atoms with E-state index in [-0.39, 0.29) is 11.7 Å². The fraction of sp³-hybridized carbons (Fsp3) is 0.294. The Morgan fingerprint density at radius 3 is 2.95 bits per heavy atom. The summed E-state index contributed by atoms with van der Waals surface area (Å²) in [4.78, 5) is 21.5. The molecule has 1 N–H and O–H groups in total. The van der Waals surface area contributed by atoms with Gasteiger partial charge in [-0.2, -0.15) is 4.58 Å². The first-order valence-corrected chi connectivity index (χ1v) is 7.48. The van der Waals surface area contributed by atoms with E-state index < -0.39 is 6.04 Å². The number of pyridine rings is 1. The van der Waals surface area contributed by atoms with Gasteiger partial charge in [0.1, 0.15) is 17.7 Å². The van der Waals surface area contributed by atoms with Crippen LogP contribution >= 0.6 is 0 Å². The zero-order chi connectivity index (χ0) is 15.5. The second-order valence-corrected chi connectivity index (χ2v) is 5.28. The van der Waals surface area contributed by atoms with Crippen molar-refractivity contribution >= 4 is 23.7 Å². The van der Waals surface area contributed by atoms with Gasteiger partial charge >= 0.3 is 11.7 Å². The molecule has 0 saturated carbocycles. The molecular formula is C17H18N3O2+.